The number of rotatable bonds is 7. The minimum atomic E-state index is -4.86. The molecule has 10 heteroatoms. The fourth-order valence-electron chi connectivity index (χ4n) is 2.87. The molecule has 3 aromatic rings. The highest BCUT2D eigenvalue weighted by Crippen LogP contribution is 2.32. The second kappa shape index (κ2) is 9.46. The van der Waals surface area contributed by atoms with Crippen LogP contribution in [-0.2, 0) is 12.6 Å². The van der Waals surface area contributed by atoms with Gasteiger partial charge in [-0.2, -0.15) is 13.2 Å². The van der Waals surface area contributed by atoms with Crippen LogP contribution in [0.1, 0.15) is 32.0 Å². The molecule has 0 unspecified atom stereocenters. The quantitative estimate of drug-likeness (QED) is 0.533. The van der Waals surface area contributed by atoms with Crippen molar-refractivity contribution in [2.75, 3.05) is 6.54 Å². The molecule has 166 valence electrons. The van der Waals surface area contributed by atoms with Crippen LogP contribution in [0.4, 0.5) is 17.6 Å². The lowest BCUT2D eigenvalue weighted by Gasteiger charge is -2.13. The van der Waals surface area contributed by atoms with Crippen LogP contribution in [0.25, 0.3) is 0 Å². The maximum atomic E-state index is 13.2. The van der Waals surface area contributed by atoms with Crippen LogP contribution in [0, 0.1) is 5.82 Å². The molecule has 0 radical (unpaired) electrons. The monoisotopic (exact) mass is 447 g/mol. The molecule has 0 aliphatic rings. The van der Waals surface area contributed by atoms with Gasteiger partial charge >= 0.3 is 6.18 Å². The number of nitrogens with zero attached hydrogens (tertiary/aromatic N) is 1. The maximum Gasteiger partial charge on any atom is 0.417 e. The van der Waals surface area contributed by atoms with E-state index in [4.69, 9.17) is 10.5 Å². The number of nitrogens with two attached hydrogens (primary N) is 1. The van der Waals surface area contributed by atoms with Crippen molar-refractivity contribution >= 4 is 11.8 Å². The minimum Gasteiger partial charge on any atom is -0.457 e. The molecule has 0 atom stereocenters. The Balaban J connectivity index is 1.63. The van der Waals surface area contributed by atoms with E-state index in [1.165, 1.54) is 12.3 Å². The number of benzene rings is 2. The van der Waals surface area contributed by atoms with E-state index in [1.807, 2.05) is 0 Å². The van der Waals surface area contributed by atoms with Crippen molar-refractivity contribution in [1.29, 1.82) is 0 Å². The van der Waals surface area contributed by atoms with Crippen molar-refractivity contribution in [3.63, 3.8) is 0 Å². The van der Waals surface area contributed by atoms with Crippen molar-refractivity contribution in [3.05, 3.63) is 89.0 Å². The van der Waals surface area contributed by atoms with Gasteiger partial charge in [-0.05, 0) is 48.4 Å². The SMILES string of the molecule is NC(=O)c1cc(Oc2cccc(CCNC(=O)c3ccc(F)cc3C(F)(F)F)c2)ccn1. The fraction of sp³-hybridized carbons (Fsp3) is 0.136. The highest BCUT2D eigenvalue weighted by atomic mass is 19.4. The van der Waals surface area contributed by atoms with Crippen LogP contribution in [0.15, 0.2) is 60.8 Å². The van der Waals surface area contributed by atoms with E-state index in [-0.39, 0.29) is 12.2 Å². The largest absolute Gasteiger partial charge is 0.457 e. The number of carbonyl (C=O) groups excluding carboxylic acids is 2. The molecular weight excluding hydrogens is 430 g/mol. The molecule has 2 amide bonds. The van der Waals surface area contributed by atoms with E-state index in [0.29, 0.717) is 24.0 Å². The van der Waals surface area contributed by atoms with Gasteiger partial charge in [0, 0.05) is 18.8 Å². The zero-order valence-electron chi connectivity index (χ0n) is 16.4. The molecule has 6 nitrogen and oxygen atoms in total. The highest BCUT2D eigenvalue weighted by molar-refractivity contribution is 5.95. The number of ether oxygens (including phenoxy) is 1. The Morgan fingerprint density at radius 1 is 1.03 bits per heavy atom. The van der Waals surface area contributed by atoms with Crippen molar-refractivity contribution < 1.29 is 31.9 Å². The normalized spacial score (nSPS) is 11.1. The lowest BCUT2D eigenvalue weighted by molar-refractivity contribution is -0.138. The minimum absolute atomic E-state index is 0.0397. The molecule has 0 fully saturated rings. The van der Waals surface area contributed by atoms with Gasteiger partial charge in [0.2, 0.25) is 0 Å². The number of nitrogens with one attached hydrogen (secondary N) is 1. The van der Waals surface area contributed by atoms with E-state index in [2.05, 4.69) is 10.3 Å². The number of pyridine rings is 1. The van der Waals surface area contributed by atoms with E-state index >= 15 is 0 Å². The first-order valence-corrected chi connectivity index (χ1v) is 9.31. The van der Waals surface area contributed by atoms with Gasteiger partial charge < -0.3 is 15.8 Å². The molecular formula is C22H17F4N3O3. The van der Waals surface area contributed by atoms with Crippen molar-refractivity contribution in [2.45, 2.75) is 12.6 Å². The molecule has 32 heavy (non-hydrogen) atoms. The number of carbonyl (C=O) groups is 2. The molecule has 0 spiro atoms. The summed E-state index contributed by atoms with van der Waals surface area (Å²) in [7, 11) is 0. The van der Waals surface area contributed by atoms with E-state index in [1.54, 1.807) is 30.3 Å². The lowest BCUT2D eigenvalue weighted by atomic mass is 10.1. The first-order chi connectivity index (χ1) is 15.1. The number of hydrogen-bond acceptors (Lipinski definition) is 4. The van der Waals surface area contributed by atoms with Gasteiger partial charge in [-0.15, -0.1) is 0 Å². The summed E-state index contributed by atoms with van der Waals surface area (Å²) in [5.74, 6) is -1.96. The number of primary amides is 1. The van der Waals surface area contributed by atoms with E-state index in [0.717, 1.165) is 17.7 Å². The van der Waals surface area contributed by atoms with Crippen LogP contribution < -0.4 is 15.8 Å². The van der Waals surface area contributed by atoms with Gasteiger partial charge in [-0.25, -0.2) is 4.39 Å². The molecule has 0 saturated heterocycles. The lowest BCUT2D eigenvalue weighted by Crippen LogP contribution is -2.28. The van der Waals surface area contributed by atoms with Gasteiger partial charge in [-0.3, -0.25) is 14.6 Å². The molecule has 3 N–H and O–H groups in total. The third kappa shape index (κ3) is 5.81. The summed E-state index contributed by atoms with van der Waals surface area (Å²) in [4.78, 5) is 27.2. The van der Waals surface area contributed by atoms with Gasteiger partial charge in [0.1, 0.15) is 23.0 Å². The first-order valence-electron chi connectivity index (χ1n) is 9.31. The van der Waals surface area contributed by atoms with Crippen molar-refractivity contribution in [3.8, 4) is 11.5 Å². The van der Waals surface area contributed by atoms with Gasteiger partial charge in [0.15, 0.2) is 0 Å². The Labute approximate surface area is 180 Å². The van der Waals surface area contributed by atoms with Gasteiger partial charge in [-0.1, -0.05) is 12.1 Å². The molecule has 0 aliphatic heterocycles. The van der Waals surface area contributed by atoms with Crippen LogP contribution in [-0.4, -0.2) is 23.3 Å². The second-order valence-corrected chi connectivity index (χ2v) is 6.68. The Hall–Kier alpha value is -3.95. The summed E-state index contributed by atoms with van der Waals surface area (Å²) in [6.45, 7) is 0.0397. The molecule has 0 aliphatic carbocycles. The van der Waals surface area contributed by atoms with E-state index < -0.39 is 34.9 Å². The number of alkyl halides is 3. The Bertz CT molecular complexity index is 1150. The first kappa shape index (κ1) is 22.7. The third-order valence-corrected chi connectivity index (χ3v) is 4.35. The number of aromatic nitrogens is 1. The number of hydrogen-bond donors (Lipinski definition) is 2. The Kier molecular flexibility index (Phi) is 6.72. The van der Waals surface area contributed by atoms with Gasteiger partial charge in [0.05, 0.1) is 11.1 Å². The summed E-state index contributed by atoms with van der Waals surface area (Å²) >= 11 is 0. The average molecular weight is 447 g/mol. The topological polar surface area (TPSA) is 94.3 Å². The van der Waals surface area contributed by atoms with Crippen LogP contribution in [0.2, 0.25) is 0 Å². The zero-order chi connectivity index (χ0) is 23.3. The Morgan fingerprint density at radius 2 is 1.78 bits per heavy atom. The third-order valence-electron chi connectivity index (χ3n) is 4.35. The Morgan fingerprint density at radius 3 is 2.50 bits per heavy atom. The summed E-state index contributed by atoms with van der Waals surface area (Å²) in [5.41, 5.74) is 3.98. The van der Waals surface area contributed by atoms with Crippen LogP contribution >= 0.6 is 0 Å². The second-order valence-electron chi connectivity index (χ2n) is 6.68. The number of halogens is 4. The smallest absolute Gasteiger partial charge is 0.417 e. The molecule has 0 saturated carbocycles. The summed E-state index contributed by atoms with van der Waals surface area (Å²) < 4.78 is 58.1. The predicted octanol–water partition coefficient (Wildman–Crippen LogP) is 4.10. The van der Waals surface area contributed by atoms with E-state index in [9.17, 15) is 27.2 Å². The zero-order valence-corrected chi connectivity index (χ0v) is 16.4. The summed E-state index contributed by atoms with van der Waals surface area (Å²) in [5, 5.41) is 2.41. The van der Waals surface area contributed by atoms with Crippen molar-refractivity contribution in [1.82, 2.24) is 10.3 Å². The highest BCUT2D eigenvalue weighted by Gasteiger charge is 2.35. The average Bonchev–Trinajstić information content (AvgIpc) is 2.73. The van der Waals surface area contributed by atoms with Crippen LogP contribution in [0.3, 0.4) is 0 Å². The molecule has 0 bridgehead atoms. The number of amides is 2. The van der Waals surface area contributed by atoms with Gasteiger partial charge in [0.25, 0.3) is 11.8 Å². The summed E-state index contributed by atoms with van der Waals surface area (Å²) in [6, 6.07) is 11.6. The van der Waals surface area contributed by atoms with Crippen molar-refractivity contribution in [2.24, 2.45) is 5.73 Å². The fourth-order valence-corrected chi connectivity index (χ4v) is 2.87. The van der Waals surface area contributed by atoms with Crippen LogP contribution in [0.5, 0.6) is 11.5 Å². The molecule has 3 rings (SSSR count). The summed E-state index contributed by atoms with van der Waals surface area (Å²) in [6.07, 6.45) is -3.18. The molecule has 2 aromatic carbocycles. The standard InChI is InChI=1S/C22H17F4N3O3/c23-14-4-5-17(18(11-14)22(24,25)26)21(31)29-8-6-13-2-1-3-15(10-13)32-16-7-9-28-19(12-16)20(27)30/h1-5,7,9-12H,6,8H2,(H2,27,30)(H,29,31). The molecule has 1 aromatic heterocycles. The maximum absolute atomic E-state index is 13.2. The molecule has 1 heterocycles. The predicted molar refractivity (Wildman–Crippen MR) is 107 cm³/mol.